The molecule has 0 spiro atoms. The summed E-state index contributed by atoms with van der Waals surface area (Å²) in [4.78, 5) is 51.8. The van der Waals surface area contributed by atoms with Crippen molar-refractivity contribution in [2.45, 2.75) is 92.4 Å². The highest BCUT2D eigenvalue weighted by atomic mass is 35.5. The molecule has 300 valence electrons. The van der Waals surface area contributed by atoms with Gasteiger partial charge in [-0.1, -0.05) is 23.7 Å². The van der Waals surface area contributed by atoms with Crippen LogP contribution in [0.4, 0.5) is 5.69 Å². The first-order chi connectivity index (χ1) is 27.8. The van der Waals surface area contributed by atoms with E-state index in [0.29, 0.717) is 35.1 Å². The minimum atomic E-state index is -0.537. The topological polar surface area (TPSA) is 155 Å². The maximum Gasteiger partial charge on any atom is 0.253 e. The molecule has 4 aromatic heterocycles. The molecular formula is C43H47ClN10O3S. The van der Waals surface area contributed by atoms with E-state index in [9.17, 15) is 14.4 Å². The molecular weight excluding hydrogens is 772 g/mol. The van der Waals surface area contributed by atoms with E-state index >= 15 is 0 Å². The lowest BCUT2D eigenvalue weighted by molar-refractivity contribution is -0.132. The van der Waals surface area contributed by atoms with E-state index in [4.69, 9.17) is 16.6 Å². The Morgan fingerprint density at radius 2 is 1.76 bits per heavy atom. The summed E-state index contributed by atoms with van der Waals surface area (Å²) < 4.78 is 3.98. The second-order valence-electron chi connectivity index (χ2n) is 15.7. The Labute approximate surface area is 345 Å². The number of aliphatic imine (C=N–C) groups is 1. The van der Waals surface area contributed by atoms with Crippen LogP contribution in [-0.4, -0.2) is 71.1 Å². The molecule has 0 saturated carbocycles. The van der Waals surface area contributed by atoms with Gasteiger partial charge < -0.3 is 20.5 Å². The molecule has 3 N–H and O–H groups in total. The number of rotatable bonds is 9. The van der Waals surface area contributed by atoms with E-state index in [1.807, 2.05) is 72.8 Å². The Hall–Kier alpha value is -5.60. The number of aromatic amines is 1. The lowest BCUT2D eigenvalue weighted by Crippen LogP contribution is -2.42. The normalized spacial score (nSPS) is 15.6. The van der Waals surface area contributed by atoms with E-state index in [0.717, 1.165) is 73.9 Å². The van der Waals surface area contributed by atoms with Crippen LogP contribution in [0.2, 0.25) is 5.02 Å². The van der Waals surface area contributed by atoms with Crippen LogP contribution in [0.5, 0.6) is 0 Å². The first kappa shape index (κ1) is 39.2. The molecule has 2 amide bonds. The summed E-state index contributed by atoms with van der Waals surface area (Å²) in [7, 11) is 0. The van der Waals surface area contributed by atoms with Crippen molar-refractivity contribution in [1.29, 1.82) is 0 Å². The maximum absolute atomic E-state index is 14.1. The van der Waals surface area contributed by atoms with Gasteiger partial charge in [0.05, 0.1) is 29.4 Å². The number of likely N-dealkylation sites (tertiary alicyclic amines) is 1. The number of benzene rings is 2. The molecule has 0 aliphatic carbocycles. The first-order valence-electron chi connectivity index (χ1n) is 19.7. The average Bonchev–Trinajstić information content (AvgIpc) is 3.85. The number of H-pyrrole nitrogens is 1. The SMILES string of the molecule is Cc1cc(C)c(CNC(=O)c2cc(NC3CCN(C(=O)C[C@@H]4N=C(c5ccc(Cl)cc5)c5c(sc(C)c5C)-n5c(C)nnc54)CC3)cc3c2cnn3C(C)C)c(=O)[nH]1. The van der Waals surface area contributed by atoms with Crippen molar-refractivity contribution in [2.24, 2.45) is 4.99 Å². The molecule has 0 radical (unpaired) electrons. The van der Waals surface area contributed by atoms with Crippen molar-refractivity contribution < 1.29 is 9.59 Å². The Morgan fingerprint density at radius 3 is 2.47 bits per heavy atom. The number of piperidine rings is 1. The fourth-order valence-corrected chi connectivity index (χ4v) is 9.47. The Kier molecular flexibility index (Phi) is 10.6. The largest absolute Gasteiger partial charge is 0.382 e. The molecule has 2 aliphatic rings. The van der Waals surface area contributed by atoms with Crippen LogP contribution in [0.3, 0.4) is 0 Å². The summed E-state index contributed by atoms with van der Waals surface area (Å²) >= 11 is 7.97. The number of carbonyl (C=O) groups is 2. The third kappa shape index (κ3) is 7.35. The molecule has 0 unspecified atom stereocenters. The highest BCUT2D eigenvalue weighted by Crippen LogP contribution is 2.40. The number of halogens is 1. The van der Waals surface area contributed by atoms with Gasteiger partial charge in [-0.25, -0.2) is 0 Å². The number of fused-ring (bicyclic) bond motifs is 4. The first-order valence-corrected chi connectivity index (χ1v) is 20.9. The second-order valence-corrected chi connectivity index (χ2v) is 17.3. The predicted molar refractivity (Wildman–Crippen MR) is 229 cm³/mol. The van der Waals surface area contributed by atoms with Gasteiger partial charge >= 0.3 is 0 Å². The number of nitrogens with one attached hydrogen (secondary N) is 3. The van der Waals surface area contributed by atoms with E-state index < -0.39 is 6.04 Å². The number of pyridine rings is 1. The number of hydrogen-bond donors (Lipinski definition) is 3. The van der Waals surface area contributed by atoms with Crippen LogP contribution in [0.1, 0.15) is 106 Å². The van der Waals surface area contributed by atoms with Gasteiger partial charge in [0, 0.05) is 75.1 Å². The molecule has 6 aromatic rings. The number of aryl methyl sites for hydroxylation is 4. The zero-order valence-electron chi connectivity index (χ0n) is 33.7. The van der Waals surface area contributed by atoms with Gasteiger partial charge in [0.2, 0.25) is 5.91 Å². The standard InChI is InChI=1S/C43H47ClN10O3S/c1-22(2)54-36-18-31(17-32(34(36)21-46-54)41(56)45-20-33-23(3)16-24(4)47-42(33)57)48-30-12-14-52(15-13-30)37(55)19-35-40-51-50-27(7)53(40)43-38(25(5)26(6)58-43)39(49-35)28-8-10-29(44)11-9-28/h8-11,16-18,21-22,30,35,48H,12-15,19-20H2,1-7H3,(H,45,56)(H,47,57)/t35-/m0/s1. The number of amides is 2. The molecule has 2 aliphatic heterocycles. The van der Waals surface area contributed by atoms with Crippen molar-refractivity contribution in [1.82, 2.24) is 39.7 Å². The van der Waals surface area contributed by atoms with Gasteiger partial charge in [-0.05, 0) is 103 Å². The number of anilines is 1. The van der Waals surface area contributed by atoms with E-state index in [-0.39, 0.29) is 42.4 Å². The summed E-state index contributed by atoms with van der Waals surface area (Å²) in [5.41, 5.74) is 7.95. The fourth-order valence-electron chi connectivity index (χ4n) is 8.13. The van der Waals surface area contributed by atoms with Crippen LogP contribution >= 0.6 is 22.9 Å². The van der Waals surface area contributed by atoms with Crippen LogP contribution in [0.25, 0.3) is 15.9 Å². The molecule has 8 rings (SSSR count). The highest BCUT2D eigenvalue weighted by Gasteiger charge is 2.34. The minimum absolute atomic E-state index is 0.0110. The van der Waals surface area contributed by atoms with Gasteiger partial charge in [-0.3, -0.25) is 28.6 Å². The zero-order valence-corrected chi connectivity index (χ0v) is 35.3. The molecule has 15 heteroatoms. The fraction of sp³-hybridized carbons (Fsp3) is 0.372. The minimum Gasteiger partial charge on any atom is -0.382 e. The van der Waals surface area contributed by atoms with Crippen LogP contribution in [0.15, 0.2) is 58.4 Å². The lowest BCUT2D eigenvalue weighted by Gasteiger charge is -2.33. The summed E-state index contributed by atoms with van der Waals surface area (Å²) in [5, 5.41) is 22.7. The van der Waals surface area contributed by atoms with Gasteiger partial charge in [-0.15, -0.1) is 21.5 Å². The van der Waals surface area contributed by atoms with Gasteiger partial charge in [0.1, 0.15) is 16.9 Å². The summed E-state index contributed by atoms with van der Waals surface area (Å²) in [6.07, 6.45) is 3.32. The predicted octanol–water partition coefficient (Wildman–Crippen LogP) is 7.46. The number of nitrogens with zero attached hydrogens (tertiary/aromatic N) is 7. The monoisotopic (exact) mass is 818 g/mol. The molecule has 1 saturated heterocycles. The molecule has 1 atom stereocenters. The van der Waals surface area contributed by atoms with Crippen molar-refractivity contribution in [3.05, 3.63) is 120 Å². The number of thiophene rings is 1. The van der Waals surface area contributed by atoms with Gasteiger partial charge in [0.15, 0.2) is 5.82 Å². The Bertz CT molecular complexity index is 2660. The van der Waals surface area contributed by atoms with Crippen LogP contribution < -0.4 is 16.2 Å². The third-order valence-corrected chi connectivity index (χ3v) is 12.8. The number of hydrogen-bond acceptors (Lipinski definition) is 9. The molecule has 58 heavy (non-hydrogen) atoms. The second kappa shape index (κ2) is 15.6. The van der Waals surface area contributed by atoms with Crippen molar-refractivity contribution in [3.63, 3.8) is 0 Å². The summed E-state index contributed by atoms with van der Waals surface area (Å²) in [6.45, 7) is 15.2. The Morgan fingerprint density at radius 1 is 1.02 bits per heavy atom. The molecule has 2 aromatic carbocycles. The van der Waals surface area contributed by atoms with E-state index in [1.54, 1.807) is 17.5 Å². The van der Waals surface area contributed by atoms with E-state index in [1.165, 1.54) is 4.88 Å². The zero-order chi connectivity index (χ0) is 41.0. The Balaban J connectivity index is 0.999. The summed E-state index contributed by atoms with van der Waals surface area (Å²) in [5.74, 6) is 1.13. The maximum atomic E-state index is 14.1. The number of carbonyl (C=O) groups excluding carboxylic acids is 2. The molecule has 13 nitrogen and oxygen atoms in total. The lowest BCUT2D eigenvalue weighted by atomic mass is 9.99. The van der Waals surface area contributed by atoms with Gasteiger partial charge in [-0.2, -0.15) is 5.10 Å². The van der Waals surface area contributed by atoms with E-state index in [2.05, 4.69) is 63.2 Å². The van der Waals surface area contributed by atoms with Crippen LogP contribution in [0, 0.1) is 34.6 Å². The highest BCUT2D eigenvalue weighted by molar-refractivity contribution is 7.15. The molecule has 0 bridgehead atoms. The quantitative estimate of drug-likeness (QED) is 0.137. The smallest absolute Gasteiger partial charge is 0.253 e. The molecule has 6 heterocycles. The third-order valence-electron chi connectivity index (χ3n) is 11.3. The van der Waals surface area contributed by atoms with Crippen molar-refractivity contribution in [2.75, 3.05) is 18.4 Å². The molecule has 1 fully saturated rings. The average molecular weight is 819 g/mol. The van der Waals surface area contributed by atoms with Crippen LogP contribution in [-0.2, 0) is 11.3 Å². The van der Waals surface area contributed by atoms with Crippen molar-refractivity contribution in [3.8, 4) is 5.00 Å². The van der Waals surface area contributed by atoms with Crippen molar-refractivity contribution >= 4 is 57.1 Å². The number of aromatic nitrogens is 6. The summed E-state index contributed by atoms with van der Waals surface area (Å²) in [6, 6.07) is 13.1. The van der Waals surface area contributed by atoms with Gasteiger partial charge in [0.25, 0.3) is 11.5 Å².